The number of para-hydroxylation sites is 1. The van der Waals surface area contributed by atoms with Gasteiger partial charge in [0.2, 0.25) is 5.95 Å². The van der Waals surface area contributed by atoms with Gasteiger partial charge in [0.25, 0.3) is 5.56 Å². The summed E-state index contributed by atoms with van der Waals surface area (Å²) in [7, 11) is 3.06. The largest absolute Gasteiger partial charge is 0.493 e. The molecule has 0 saturated carbocycles. The molecule has 0 aliphatic heterocycles. The highest BCUT2D eigenvalue weighted by Crippen LogP contribution is 2.39. The first-order chi connectivity index (χ1) is 17.6. The van der Waals surface area contributed by atoms with Crippen molar-refractivity contribution >= 4 is 22.5 Å². The molecular weight excluding hydrogens is 463 g/mol. The highest BCUT2D eigenvalue weighted by Gasteiger charge is 2.16. The zero-order valence-electron chi connectivity index (χ0n) is 19.4. The van der Waals surface area contributed by atoms with Crippen LogP contribution in [0.25, 0.3) is 22.0 Å². The standard InChI is InChI=1S/C27H21FN4O4/c1-34-23-11-9-18-21(12-13-29-24(18)25(23)35-2)36-22-10-8-16(14-20(22)28)19-15-30-27(32-26(19)33)31-17-6-4-3-5-7-17/h3-15H,1-2H3,(H2,30,31,32,33). The lowest BCUT2D eigenvalue weighted by molar-refractivity contribution is 0.358. The van der Waals surface area contributed by atoms with Gasteiger partial charge in [-0.05, 0) is 48.0 Å². The van der Waals surface area contributed by atoms with E-state index < -0.39 is 11.4 Å². The second-order valence-electron chi connectivity index (χ2n) is 7.72. The van der Waals surface area contributed by atoms with Crippen molar-refractivity contribution in [3.63, 3.8) is 0 Å². The van der Waals surface area contributed by atoms with E-state index in [-0.39, 0.29) is 17.3 Å². The Kier molecular flexibility index (Phi) is 6.19. The van der Waals surface area contributed by atoms with Crippen LogP contribution < -0.4 is 25.1 Å². The number of pyridine rings is 1. The van der Waals surface area contributed by atoms with Crippen molar-refractivity contribution in [3.8, 4) is 34.1 Å². The van der Waals surface area contributed by atoms with Crippen molar-refractivity contribution in [1.29, 1.82) is 0 Å². The van der Waals surface area contributed by atoms with Gasteiger partial charge in [-0.3, -0.25) is 14.8 Å². The fourth-order valence-corrected chi connectivity index (χ4v) is 3.79. The number of H-pyrrole nitrogens is 1. The van der Waals surface area contributed by atoms with Crippen LogP contribution >= 0.6 is 0 Å². The number of methoxy groups -OCH3 is 2. The summed E-state index contributed by atoms with van der Waals surface area (Å²) in [6.07, 6.45) is 2.94. The van der Waals surface area contributed by atoms with Crippen LogP contribution in [0.4, 0.5) is 16.0 Å². The van der Waals surface area contributed by atoms with Crippen molar-refractivity contribution in [1.82, 2.24) is 15.0 Å². The summed E-state index contributed by atoms with van der Waals surface area (Å²) in [4.78, 5) is 23.9. The average Bonchev–Trinajstić information content (AvgIpc) is 2.90. The predicted molar refractivity (Wildman–Crippen MR) is 135 cm³/mol. The van der Waals surface area contributed by atoms with E-state index in [9.17, 15) is 4.79 Å². The summed E-state index contributed by atoms with van der Waals surface area (Å²) in [5, 5.41) is 3.64. The van der Waals surface area contributed by atoms with E-state index in [4.69, 9.17) is 14.2 Å². The van der Waals surface area contributed by atoms with Crippen LogP contribution in [0.5, 0.6) is 23.0 Å². The fourth-order valence-electron chi connectivity index (χ4n) is 3.79. The Hall–Kier alpha value is -4.92. The molecule has 3 aromatic carbocycles. The molecule has 2 aromatic heterocycles. The summed E-state index contributed by atoms with van der Waals surface area (Å²) in [6.45, 7) is 0. The SMILES string of the molecule is COc1ccc2c(Oc3ccc(-c4cnc(Nc5ccccc5)[nH]c4=O)cc3F)ccnc2c1OC. The number of ether oxygens (including phenoxy) is 3. The van der Waals surface area contributed by atoms with Crippen molar-refractivity contribution in [2.24, 2.45) is 0 Å². The number of rotatable bonds is 7. The van der Waals surface area contributed by atoms with E-state index in [2.05, 4.69) is 20.3 Å². The molecule has 0 spiro atoms. The van der Waals surface area contributed by atoms with Gasteiger partial charge >= 0.3 is 0 Å². The number of anilines is 2. The molecule has 2 heterocycles. The third-order valence-corrected chi connectivity index (χ3v) is 5.51. The summed E-state index contributed by atoms with van der Waals surface area (Å²) in [6, 6.07) is 18.7. The smallest absolute Gasteiger partial charge is 0.260 e. The summed E-state index contributed by atoms with van der Waals surface area (Å²) in [5.41, 5.74) is 1.49. The van der Waals surface area contributed by atoms with E-state index in [1.165, 1.54) is 32.5 Å². The van der Waals surface area contributed by atoms with Gasteiger partial charge in [-0.15, -0.1) is 0 Å². The Morgan fingerprint density at radius 2 is 1.69 bits per heavy atom. The lowest BCUT2D eigenvalue weighted by Gasteiger charge is -2.13. The molecule has 0 amide bonds. The lowest BCUT2D eigenvalue weighted by atomic mass is 10.1. The molecule has 5 aromatic rings. The van der Waals surface area contributed by atoms with E-state index in [1.54, 1.807) is 30.5 Å². The highest BCUT2D eigenvalue weighted by atomic mass is 19.1. The van der Waals surface area contributed by atoms with Crippen LogP contribution in [0.1, 0.15) is 0 Å². The Morgan fingerprint density at radius 1 is 0.889 bits per heavy atom. The van der Waals surface area contributed by atoms with Crippen molar-refractivity contribution in [2.45, 2.75) is 0 Å². The molecule has 36 heavy (non-hydrogen) atoms. The van der Waals surface area contributed by atoms with Crippen molar-refractivity contribution in [2.75, 3.05) is 19.5 Å². The van der Waals surface area contributed by atoms with E-state index >= 15 is 4.39 Å². The first kappa shape index (κ1) is 22.9. The highest BCUT2D eigenvalue weighted by molar-refractivity contribution is 5.92. The van der Waals surface area contributed by atoms with Crippen molar-refractivity contribution in [3.05, 3.63) is 95.3 Å². The number of aromatic amines is 1. The Bertz CT molecular complexity index is 1610. The summed E-state index contributed by atoms with van der Waals surface area (Å²) < 4.78 is 31.7. The fraction of sp³-hybridized carbons (Fsp3) is 0.0741. The summed E-state index contributed by atoms with van der Waals surface area (Å²) >= 11 is 0. The van der Waals surface area contributed by atoms with Gasteiger partial charge in [-0.25, -0.2) is 9.37 Å². The van der Waals surface area contributed by atoms with Gasteiger partial charge in [0, 0.05) is 23.5 Å². The van der Waals surface area contributed by atoms with E-state index in [1.807, 2.05) is 30.3 Å². The Balaban J connectivity index is 1.42. The maximum atomic E-state index is 15.1. The van der Waals surface area contributed by atoms with Crippen LogP contribution in [-0.4, -0.2) is 29.2 Å². The first-order valence-corrected chi connectivity index (χ1v) is 11.0. The van der Waals surface area contributed by atoms with Gasteiger partial charge in [0.1, 0.15) is 11.3 Å². The normalized spacial score (nSPS) is 10.8. The van der Waals surface area contributed by atoms with E-state index in [0.717, 1.165) is 5.69 Å². The predicted octanol–water partition coefficient (Wildman–Crippen LogP) is 5.68. The lowest BCUT2D eigenvalue weighted by Crippen LogP contribution is -2.12. The maximum Gasteiger partial charge on any atom is 0.260 e. The number of benzene rings is 3. The maximum absolute atomic E-state index is 15.1. The third kappa shape index (κ3) is 4.41. The molecule has 0 radical (unpaired) electrons. The van der Waals surface area contributed by atoms with Crippen LogP contribution in [0.2, 0.25) is 0 Å². The number of aromatic nitrogens is 3. The topological polar surface area (TPSA) is 98.4 Å². The molecule has 0 unspecified atom stereocenters. The van der Waals surface area contributed by atoms with E-state index in [0.29, 0.717) is 33.7 Å². The first-order valence-electron chi connectivity index (χ1n) is 11.0. The molecule has 2 N–H and O–H groups in total. The molecule has 0 bridgehead atoms. The monoisotopic (exact) mass is 484 g/mol. The van der Waals surface area contributed by atoms with Crippen LogP contribution in [0, 0.1) is 5.82 Å². The third-order valence-electron chi connectivity index (χ3n) is 5.51. The second-order valence-corrected chi connectivity index (χ2v) is 7.72. The molecule has 0 fully saturated rings. The van der Waals surface area contributed by atoms with Gasteiger partial charge in [-0.1, -0.05) is 24.3 Å². The molecule has 8 nitrogen and oxygen atoms in total. The average molecular weight is 484 g/mol. The Morgan fingerprint density at radius 3 is 2.42 bits per heavy atom. The van der Waals surface area contributed by atoms with Crippen LogP contribution in [0.15, 0.2) is 83.9 Å². The van der Waals surface area contributed by atoms with Gasteiger partial charge in [0.15, 0.2) is 23.1 Å². The molecule has 0 saturated heterocycles. The molecule has 0 aliphatic carbocycles. The number of fused-ring (bicyclic) bond motifs is 1. The molecule has 0 atom stereocenters. The zero-order valence-corrected chi connectivity index (χ0v) is 19.4. The summed E-state index contributed by atoms with van der Waals surface area (Å²) in [5.74, 6) is 1.01. The van der Waals surface area contributed by atoms with Crippen LogP contribution in [-0.2, 0) is 0 Å². The van der Waals surface area contributed by atoms with Gasteiger partial charge in [0.05, 0.1) is 19.8 Å². The number of nitrogens with one attached hydrogen (secondary N) is 2. The molecular formula is C27H21FN4O4. The van der Waals surface area contributed by atoms with Crippen molar-refractivity contribution < 1.29 is 18.6 Å². The Labute approximate surface area is 205 Å². The minimum absolute atomic E-state index is 0.00668. The van der Waals surface area contributed by atoms with Gasteiger partial charge < -0.3 is 19.5 Å². The molecule has 9 heteroatoms. The van der Waals surface area contributed by atoms with Crippen LogP contribution in [0.3, 0.4) is 0 Å². The number of nitrogens with zero attached hydrogens (tertiary/aromatic N) is 2. The quantitative estimate of drug-likeness (QED) is 0.307. The molecule has 0 aliphatic rings. The second kappa shape index (κ2) is 9.75. The number of hydrogen-bond acceptors (Lipinski definition) is 7. The number of halogens is 1. The minimum Gasteiger partial charge on any atom is -0.493 e. The zero-order chi connectivity index (χ0) is 25.1. The minimum atomic E-state index is -0.635. The molecule has 180 valence electrons. The van der Waals surface area contributed by atoms with Gasteiger partial charge in [-0.2, -0.15) is 0 Å². The molecule has 5 rings (SSSR count). The number of hydrogen-bond donors (Lipinski definition) is 2.